The summed E-state index contributed by atoms with van der Waals surface area (Å²) in [6, 6.07) is 0. The van der Waals surface area contributed by atoms with E-state index < -0.39 is 11.5 Å². The number of nitrogens with zero attached hydrogens (tertiary/aromatic N) is 1. The van der Waals surface area contributed by atoms with E-state index in [9.17, 15) is 9.59 Å². The topological polar surface area (TPSA) is 95.1 Å². The molecule has 1 heterocycles. The normalized spacial score (nSPS) is 17.5. The lowest BCUT2D eigenvalue weighted by molar-refractivity contribution is -0.139. The van der Waals surface area contributed by atoms with Crippen LogP contribution in [0.4, 0.5) is 0 Å². The van der Waals surface area contributed by atoms with Gasteiger partial charge in [-0.05, 0) is 19.3 Å². The molecular weight excluding hydrogens is 210 g/mol. The minimum absolute atomic E-state index is 0.0173. The first-order valence-electron chi connectivity index (χ1n) is 5.14. The summed E-state index contributed by atoms with van der Waals surface area (Å²) in [4.78, 5) is 22.4. The Balaban J connectivity index is 2.02. The van der Waals surface area contributed by atoms with Crippen LogP contribution in [-0.4, -0.2) is 32.7 Å². The van der Waals surface area contributed by atoms with Crippen LogP contribution in [0, 0.1) is 0 Å². The number of aliphatic carboxylic acids is 1. The maximum absolute atomic E-state index is 11.7. The van der Waals surface area contributed by atoms with Crippen LogP contribution in [0.3, 0.4) is 0 Å². The molecule has 2 rings (SSSR count). The second kappa shape index (κ2) is 3.96. The molecule has 3 N–H and O–H groups in total. The quantitative estimate of drug-likeness (QED) is 0.694. The highest BCUT2D eigenvalue weighted by Crippen LogP contribution is 2.35. The van der Waals surface area contributed by atoms with Crippen molar-refractivity contribution < 1.29 is 14.7 Å². The average molecular weight is 223 g/mol. The van der Waals surface area contributed by atoms with Gasteiger partial charge in [-0.2, -0.15) is 5.10 Å². The second-order valence-corrected chi connectivity index (χ2v) is 4.15. The molecule has 1 aromatic heterocycles. The first-order chi connectivity index (χ1) is 7.61. The summed E-state index contributed by atoms with van der Waals surface area (Å²) in [5, 5.41) is 17.8. The van der Waals surface area contributed by atoms with Gasteiger partial charge in [0.1, 0.15) is 0 Å². The molecule has 1 fully saturated rings. The van der Waals surface area contributed by atoms with Gasteiger partial charge in [0.15, 0.2) is 0 Å². The van der Waals surface area contributed by atoms with E-state index in [1.807, 2.05) is 0 Å². The number of hydrogen-bond donors (Lipinski definition) is 3. The number of hydrogen-bond acceptors (Lipinski definition) is 3. The number of carbonyl (C=O) groups excluding carboxylic acids is 1. The van der Waals surface area contributed by atoms with Crippen LogP contribution < -0.4 is 5.32 Å². The van der Waals surface area contributed by atoms with Crippen LogP contribution in [0.1, 0.15) is 36.0 Å². The molecule has 1 saturated carbocycles. The second-order valence-electron chi connectivity index (χ2n) is 4.15. The number of nitrogens with one attached hydrogen (secondary N) is 2. The molecule has 1 aliphatic carbocycles. The number of rotatable bonds is 4. The summed E-state index contributed by atoms with van der Waals surface area (Å²) >= 11 is 0. The fourth-order valence-corrected chi connectivity index (χ4v) is 1.93. The van der Waals surface area contributed by atoms with Crippen LogP contribution in [0.25, 0.3) is 0 Å². The maximum atomic E-state index is 11.7. The number of aromatic amines is 1. The summed E-state index contributed by atoms with van der Waals surface area (Å²) in [5.41, 5.74) is -0.128. The summed E-state index contributed by atoms with van der Waals surface area (Å²) in [6.45, 7) is 0. The molecule has 1 aromatic rings. The smallest absolute Gasteiger partial charge is 0.305 e. The fraction of sp³-hybridized carbons (Fsp3) is 0.500. The van der Waals surface area contributed by atoms with Gasteiger partial charge >= 0.3 is 5.97 Å². The fourth-order valence-electron chi connectivity index (χ4n) is 1.93. The Bertz CT molecular complexity index is 395. The highest BCUT2D eigenvalue weighted by Gasteiger charge is 2.40. The Hall–Kier alpha value is -1.85. The van der Waals surface area contributed by atoms with Crippen LogP contribution in [-0.2, 0) is 4.79 Å². The zero-order chi connectivity index (χ0) is 11.6. The SMILES string of the molecule is O=C(O)CC1(NC(=O)c2cn[nH]c2)CCC1. The van der Waals surface area contributed by atoms with Crippen molar-refractivity contribution in [3.05, 3.63) is 18.0 Å². The number of H-pyrrole nitrogens is 1. The average Bonchev–Trinajstić information content (AvgIpc) is 2.66. The Morgan fingerprint density at radius 1 is 1.56 bits per heavy atom. The lowest BCUT2D eigenvalue weighted by atomic mass is 9.74. The highest BCUT2D eigenvalue weighted by molar-refractivity contribution is 5.94. The highest BCUT2D eigenvalue weighted by atomic mass is 16.4. The minimum atomic E-state index is -0.882. The molecule has 0 saturated heterocycles. The first kappa shape index (κ1) is 10.7. The molecule has 0 aromatic carbocycles. The van der Waals surface area contributed by atoms with Crippen LogP contribution in [0.5, 0.6) is 0 Å². The van der Waals surface area contributed by atoms with E-state index in [1.165, 1.54) is 12.4 Å². The summed E-state index contributed by atoms with van der Waals surface area (Å²) in [7, 11) is 0. The van der Waals surface area contributed by atoms with Crippen molar-refractivity contribution in [2.45, 2.75) is 31.2 Å². The number of carboxylic acids is 1. The zero-order valence-corrected chi connectivity index (χ0v) is 8.69. The molecule has 1 aliphatic rings. The van der Waals surface area contributed by atoms with Crippen molar-refractivity contribution in [1.82, 2.24) is 15.5 Å². The standard InChI is InChI=1S/C10H13N3O3/c14-8(15)4-10(2-1-3-10)13-9(16)7-5-11-12-6-7/h5-6H,1-4H2,(H,11,12)(H,13,16)(H,14,15). The molecule has 0 spiro atoms. The Morgan fingerprint density at radius 2 is 2.31 bits per heavy atom. The summed E-state index contributed by atoms with van der Waals surface area (Å²) < 4.78 is 0. The predicted molar refractivity (Wildman–Crippen MR) is 54.9 cm³/mol. The van der Waals surface area contributed by atoms with E-state index in [4.69, 9.17) is 5.11 Å². The lowest BCUT2D eigenvalue weighted by Crippen LogP contribution is -2.54. The van der Waals surface area contributed by atoms with E-state index >= 15 is 0 Å². The van der Waals surface area contributed by atoms with Crippen molar-refractivity contribution >= 4 is 11.9 Å². The number of carboxylic acid groups (broad SMARTS) is 1. The van der Waals surface area contributed by atoms with Gasteiger partial charge in [-0.15, -0.1) is 0 Å². The summed E-state index contributed by atoms with van der Waals surface area (Å²) in [6.07, 6.45) is 5.30. The maximum Gasteiger partial charge on any atom is 0.305 e. The molecule has 0 aliphatic heterocycles. The molecule has 0 radical (unpaired) electrons. The van der Waals surface area contributed by atoms with Gasteiger partial charge in [0.25, 0.3) is 5.91 Å². The van der Waals surface area contributed by atoms with Gasteiger partial charge < -0.3 is 10.4 Å². The van der Waals surface area contributed by atoms with E-state index in [-0.39, 0.29) is 12.3 Å². The van der Waals surface area contributed by atoms with Crippen LogP contribution in [0.15, 0.2) is 12.4 Å². The molecule has 6 nitrogen and oxygen atoms in total. The third kappa shape index (κ3) is 2.05. The van der Waals surface area contributed by atoms with Crippen molar-refractivity contribution in [2.75, 3.05) is 0 Å². The first-order valence-corrected chi connectivity index (χ1v) is 5.14. The van der Waals surface area contributed by atoms with Crippen molar-refractivity contribution in [3.8, 4) is 0 Å². The third-order valence-electron chi connectivity index (χ3n) is 2.94. The predicted octanol–water partition coefficient (Wildman–Crippen LogP) is 0.537. The molecule has 0 atom stereocenters. The van der Waals surface area contributed by atoms with Gasteiger partial charge in [0.2, 0.25) is 0 Å². The number of carbonyl (C=O) groups is 2. The Morgan fingerprint density at radius 3 is 2.75 bits per heavy atom. The number of aromatic nitrogens is 2. The zero-order valence-electron chi connectivity index (χ0n) is 8.69. The number of amides is 1. The largest absolute Gasteiger partial charge is 0.481 e. The van der Waals surface area contributed by atoms with Gasteiger partial charge in [0.05, 0.1) is 23.7 Å². The van der Waals surface area contributed by atoms with Gasteiger partial charge in [-0.25, -0.2) is 0 Å². The van der Waals surface area contributed by atoms with E-state index in [2.05, 4.69) is 15.5 Å². The van der Waals surface area contributed by atoms with Crippen LogP contribution >= 0.6 is 0 Å². The minimum Gasteiger partial charge on any atom is -0.481 e. The monoisotopic (exact) mass is 223 g/mol. The molecule has 16 heavy (non-hydrogen) atoms. The molecule has 86 valence electrons. The van der Waals surface area contributed by atoms with E-state index in [1.54, 1.807) is 0 Å². The van der Waals surface area contributed by atoms with Crippen molar-refractivity contribution in [1.29, 1.82) is 0 Å². The molecular formula is C10H13N3O3. The Kier molecular flexibility index (Phi) is 2.64. The summed E-state index contributed by atoms with van der Waals surface area (Å²) in [5.74, 6) is -1.15. The van der Waals surface area contributed by atoms with Gasteiger partial charge in [0, 0.05) is 6.20 Å². The van der Waals surface area contributed by atoms with E-state index in [0.717, 1.165) is 19.3 Å². The van der Waals surface area contributed by atoms with E-state index in [0.29, 0.717) is 5.56 Å². The van der Waals surface area contributed by atoms with Crippen molar-refractivity contribution in [2.24, 2.45) is 0 Å². The molecule has 0 unspecified atom stereocenters. The molecule has 6 heteroatoms. The van der Waals surface area contributed by atoms with Crippen molar-refractivity contribution in [3.63, 3.8) is 0 Å². The van der Waals surface area contributed by atoms with Gasteiger partial charge in [-0.3, -0.25) is 14.7 Å². The third-order valence-corrected chi connectivity index (χ3v) is 2.94. The lowest BCUT2D eigenvalue weighted by Gasteiger charge is -2.41. The Labute approximate surface area is 92.0 Å². The molecule has 1 amide bonds. The van der Waals surface area contributed by atoms with Gasteiger partial charge in [-0.1, -0.05) is 0 Å². The van der Waals surface area contributed by atoms with Crippen LogP contribution in [0.2, 0.25) is 0 Å². The molecule has 0 bridgehead atoms.